The second-order valence-electron chi connectivity index (χ2n) is 7.41. The van der Waals surface area contributed by atoms with Crippen LogP contribution in [0, 0.1) is 6.92 Å². The van der Waals surface area contributed by atoms with Crippen molar-refractivity contribution in [2.45, 2.75) is 64.1 Å². The predicted octanol–water partition coefficient (Wildman–Crippen LogP) is 2.58. The van der Waals surface area contributed by atoms with E-state index < -0.39 is 0 Å². The molecule has 1 aliphatic heterocycles. The first-order valence-corrected chi connectivity index (χ1v) is 9.75. The minimum atomic E-state index is 0.272. The molecular weight excluding hydrogens is 324 g/mol. The van der Waals surface area contributed by atoms with Crippen molar-refractivity contribution >= 4 is 11.6 Å². The average molecular weight is 355 g/mol. The van der Waals surface area contributed by atoms with E-state index >= 15 is 0 Å². The number of halogens is 1. The molecule has 1 atom stereocenters. The largest absolute Gasteiger partial charge is 0.396 e. The molecule has 0 bridgehead atoms. The van der Waals surface area contributed by atoms with Crippen LogP contribution in [0.3, 0.4) is 0 Å². The van der Waals surface area contributed by atoms with Gasteiger partial charge in [-0.1, -0.05) is 30.9 Å². The topological polar surface area (TPSA) is 44.5 Å². The van der Waals surface area contributed by atoms with Gasteiger partial charge in [0.15, 0.2) is 0 Å². The van der Waals surface area contributed by atoms with Gasteiger partial charge in [0.05, 0.1) is 5.69 Å². The van der Waals surface area contributed by atoms with Crippen molar-refractivity contribution in [3.05, 3.63) is 16.4 Å². The lowest BCUT2D eigenvalue weighted by molar-refractivity contribution is 0.0136. The van der Waals surface area contributed by atoms with Gasteiger partial charge >= 0.3 is 0 Å². The summed E-state index contributed by atoms with van der Waals surface area (Å²) in [6, 6.07) is 1.18. The van der Waals surface area contributed by atoms with Gasteiger partial charge in [0, 0.05) is 57.5 Å². The number of nitrogens with zero attached hydrogens (tertiary/aromatic N) is 4. The van der Waals surface area contributed by atoms with E-state index in [1.165, 1.54) is 32.1 Å². The van der Waals surface area contributed by atoms with Crippen LogP contribution >= 0.6 is 11.6 Å². The zero-order chi connectivity index (χ0) is 17.1. The molecule has 2 heterocycles. The summed E-state index contributed by atoms with van der Waals surface area (Å²) in [4.78, 5) is 5.17. The van der Waals surface area contributed by atoms with Gasteiger partial charge in [-0.3, -0.25) is 14.5 Å². The van der Waals surface area contributed by atoms with E-state index in [-0.39, 0.29) is 6.61 Å². The molecule has 5 nitrogen and oxygen atoms in total. The highest BCUT2D eigenvalue weighted by Crippen LogP contribution is 2.28. The summed E-state index contributed by atoms with van der Waals surface area (Å²) >= 11 is 6.40. The van der Waals surface area contributed by atoms with Gasteiger partial charge in [0.2, 0.25) is 0 Å². The maximum absolute atomic E-state index is 9.52. The van der Waals surface area contributed by atoms with Crippen molar-refractivity contribution in [3.63, 3.8) is 0 Å². The molecule has 1 saturated carbocycles. The van der Waals surface area contributed by atoms with E-state index in [2.05, 4.69) is 14.9 Å². The molecule has 0 aromatic carbocycles. The number of hydrogen-bond donors (Lipinski definition) is 1. The number of aliphatic hydroxyl groups excluding tert-OH is 1. The Kier molecular flexibility index (Phi) is 6.19. The molecule has 136 valence electrons. The Morgan fingerprint density at radius 1 is 1.21 bits per heavy atom. The second-order valence-corrected chi connectivity index (χ2v) is 7.77. The third-order valence-electron chi connectivity index (χ3n) is 5.77. The van der Waals surface area contributed by atoms with Crippen LogP contribution in [-0.4, -0.2) is 63.0 Å². The molecule has 0 amide bonds. The van der Waals surface area contributed by atoms with Crippen LogP contribution in [0.5, 0.6) is 0 Å². The molecule has 1 aromatic heterocycles. The van der Waals surface area contributed by atoms with Gasteiger partial charge in [-0.2, -0.15) is 5.10 Å². The average Bonchev–Trinajstić information content (AvgIpc) is 2.82. The van der Waals surface area contributed by atoms with E-state index in [1.807, 2.05) is 14.0 Å². The smallest absolute Gasteiger partial charge is 0.131 e. The normalized spacial score (nSPS) is 24.6. The van der Waals surface area contributed by atoms with E-state index in [1.54, 1.807) is 4.68 Å². The molecule has 1 saturated heterocycles. The molecule has 1 aromatic rings. The maximum Gasteiger partial charge on any atom is 0.131 e. The Balaban J connectivity index is 1.65. The van der Waals surface area contributed by atoms with Crippen LogP contribution < -0.4 is 0 Å². The number of aryl methyl sites for hydroxylation is 2. The standard InChI is InChI=1S/C18H31ClN4O/c1-14-17(18(19)21(2)20-14)13-22-9-10-23(16(12-22)8-11-24)15-6-4-3-5-7-15/h15-16,24H,3-13H2,1-2H3/t16-/m1/s1. The summed E-state index contributed by atoms with van der Waals surface area (Å²) < 4.78 is 1.76. The van der Waals surface area contributed by atoms with E-state index in [4.69, 9.17) is 11.6 Å². The molecule has 0 unspecified atom stereocenters. The highest BCUT2D eigenvalue weighted by molar-refractivity contribution is 6.30. The molecule has 6 heteroatoms. The minimum absolute atomic E-state index is 0.272. The Morgan fingerprint density at radius 2 is 1.96 bits per heavy atom. The van der Waals surface area contributed by atoms with Crippen molar-refractivity contribution in [1.82, 2.24) is 19.6 Å². The summed E-state index contributed by atoms with van der Waals surface area (Å²) in [6.07, 6.45) is 7.64. The third-order valence-corrected chi connectivity index (χ3v) is 6.24. The van der Waals surface area contributed by atoms with E-state index in [9.17, 15) is 5.11 Å². The molecule has 2 fully saturated rings. The number of rotatable bonds is 5. The van der Waals surface area contributed by atoms with Crippen molar-refractivity contribution < 1.29 is 5.11 Å². The van der Waals surface area contributed by atoms with Crippen LogP contribution in [0.25, 0.3) is 0 Å². The molecular formula is C18H31ClN4O. The van der Waals surface area contributed by atoms with Crippen molar-refractivity contribution in [1.29, 1.82) is 0 Å². The Bertz CT molecular complexity index is 541. The van der Waals surface area contributed by atoms with Crippen LogP contribution in [0.4, 0.5) is 0 Å². The van der Waals surface area contributed by atoms with Crippen LogP contribution in [0.15, 0.2) is 0 Å². The fourth-order valence-corrected chi connectivity index (χ4v) is 4.69. The van der Waals surface area contributed by atoms with Gasteiger partial charge in [0.1, 0.15) is 5.15 Å². The first-order chi connectivity index (χ1) is 11.6. The lowest BCUT2D eigenvalue weighted by Crippen LogP contribution is -2.56. The summed E-state index contributed by atoms with van der Waals surface area (Å²) in [5.74, 6) is 0. The molecule has 1 N–H and O–H groups in total. The monoisotopic (exact) mass is 354 g/mol. The third kappa shape index (κ3) is 3.96. The van der Waals surface area contributed by atoms with Crippen LogP contribution in [0.2, 0.25) is 5.15 Å². The zero-order valence-electron chi connectivity index (χ0n) is 15.0. The second kappa shape index (κ2) is 8.17. The number of hydrogen-bond acceptors (Lipinski definition) is 4. The first-order valence-electron chi connectivity index (χ1n) is 9.37. The fraction of sp³-hybridized carbons (Fsp3) is 0.833. The van der Waals surface area contributed by atoms with E-state index in [0.717, 1.165) is 55.1 Å². The summed E-state index contributed by atoms with van der Waals surface area (Å²) in [5.41, 5.74) is 2.17. The van der Waals surface area contributed by atoms with Gasteiger partial charge < -0.3 is 5.11 Å². The Morgan fingerprint density at radius 3 is 2.58 bits per heavy atom. The molecule has 3 rings (SSSR count). The summed E-state index contributed by atoms with van der Waals surface area (Å²) in [7, 11) is 1.90. The highest BCUT2D eigenvalue weighted by atomic mass is 35.5. The number of aliphatic hydroxyl groups is 1. The number of aromatic nitrogens is 2. The van der Waals surface area contributed by atoms with Crippen LogP contribution in [0.1, 0.15) is 49.8 Å². The van der Waals surface area contributed by atoms with Crippen molar-refractivity contribution in [2.75, 3.05) is 26.2 Å². The first kappa shape index (κ1) is 18.2. The SMILES string of the molecule is Cc1nn(C)c(Cl)c1CN1CCN(C2CCCCC2)[C@H](CCO)C1. The van der Waals surface area contributed by atoms with Gasteiger partial charge in [-0.25, -0.2) is 0 Å². The van der Waals surface area contributed by atoms with Crippen molar-refractivity contribution in [3.8, 4) is 0 Å². The lowest BCUT2D eigenvalue weighted by Gasteiger charge is -2.46. The lowest BCUT2D eigenvalue weighted by atomic mass is 9.91. The molecule has 2 aliphatic rings. The fourth-order valence-electron chi connectivity index (χ4n) is 4.45. The van der Waals surface area contributed by atoms with Crippen molar-refractivity contribution in [2.24, 2.45) is 7.05 Å². The molecule has 0 radical (unpaired) electrons. The highest BCUT2D eigenvalue weighted by Gasteiger charge is 2.32. The van der Waals surface area contributed by atoms with Gasteiger partial charge in [0.25, 0.3) is 0 Å². The molecule has 24 heavy (non-hydrogen) atoms. The molecule has 1 aliphatic carbocycles. The minimum Gasteiger partial charge on any atom is -0.396 e. The van der Waals surface area contributed by atoms with Crippen LogP contribution in [-0.2, 0) is 13.6 Å². The van der Waals surface area contributed by atoms with E-state index in [0.29, 0.717) is 6.04 Å². The predicted molar refractivity (Wildman–Crippen MR) is 97.3 cm³/mol. The summed E-state index contributed by atoms with van der Waals surface area (Å²) in [5, 5.41) is 14.7. The molecule has 0 spiro atoms. The Hall–Kier alpha value is -0.620. The quantitative estimate of drug-likeness (QED) is 0.882. The maximum atomic E-state index is 9.52. The Labute approximate surface area is 150 Å². The van der Waals surface area contributed by atoms with Gasteiger partial charge in [-0.15, -0.1) is 0 Å². The van der Waals surface area contributed by atoms with Gasteiger partial charge in [-0.05, 0) is 26.2 Å². The zero-order valence-corrected chi connectivity index (χ0v) is 15.8. The summed E-state index contributed by atoms with van der Waals surface area (Å²) in [6.45, 7) is 6.36. The number of piperazine rings is 1.